The van der Waals surface area contributed by atoms with Gasteiger partial charge in [-0.3, -0.25) is 0 Å². The van der Waals surface area contributed by atoms with Crippen LogP contribution in [0.1, 0.15) is 11.1 Å². The normalized spacial score (nSPS) is 10.8. The molecule has 0 aliphatic carbocycles. The predicted molar refractivity (Wildman–Crippen MR) is 94.2 cm³/mol. The monoisotopic (exact) mass is 325 g/mol. The van der Waals surface area contributed by atoms with Gasteiger partial charge < -0.3 is 20.9 Å². The Hall–Kier alpha value is -3.09. The molecule has 0 amide bonds. The van der Waals surface area contributed by atoms with Crippen LogP contribution in [0.4, 0.5) is 11.8 Å². The van der Waals surface area contributed by atoms with E-state index in [9.17, 15) is 0 Å². The molecule has 0 bridgehead atoms. The molecule has 0 saturated carbocycles. The third kappa shape index (κ3) is 2.44. The fourth-order valence-corrected chi connectivity index (χ4v) is 2.88. The highest BCUT2D eigenvalue weighted by Gasteiger charge is 2.18. The van der Waals surface area contributed by atoms with Gasteiger partial charge in [0.15, 0.2) is 5.82 Å². The molecule has 0 atom stereocenters. The van der Waals surface area contributed by atoms with Crippen LogP contribution in [0.5, 0.6) is 11.5 Å². The van der Waals surface area contributed by atoms with Crippen LogP contribution in [-0.2, 0) is 0 Å². The Balaban J connectivity index is 2.33. The lowest BCUT2D eigenvalue weighted by molar-refractivity contribution is 0.391. The van der Waals surface area contributed by atoms with E-state index < -0.39 is 0 Å². The van der Waals surface area contributed by atoms with E-state index in [-0.39, 0.29) is 5.95 Å². The number of aromatic nitrogens is 3. The first kappa shape index (κ1) is 15.8. The molecule has 124 valence electrons. The standard InChI is InChI=1S/C17H19N5O2/c1-8-12(23-3)6-13(24-4)9(2)14(8)11-5-10-7-20-17(19)22-15(10)16(18)21-11/h5-7H,1-4H3,(H2,18,21)(H2,19,20,22). The summed E-state index contributed by atoms with van der Waals surface area (Å²) >= 11 is 0. The highest BCUT2D eigenvalue weighted by atomic mass is 16.5. The Morgan fingerprint density at radius 1 is 0.917 bits per heavy atom. The van der Waals surface area contributed by atoms with Gasteiger partial charge in [-0.05, 0) is 19.9 Å². The molecule has 4 N–H and O–H groups in total. The molecule has 7 heteroatoms. The Morgan fingerprint density at radius 3 is 2.12 bits per heavy atom. The molecule has 2 heterocycles. The number of pyridine rings is 1. The first-order valence-electron chi connectivity index (χ1n) is 7.37. The highest BCUT2D eigenvalue weighted by Crippen LogP contribution is 2.39. The van der Waals surface area contributed by atoms with Crippen molar-refractivity contribution >= 4 is 22.7 Å². The Bertz CT molecular complexity index is 912. The second kappa shape index (κ2) is 5.84. The summed E-state index contributed by atoms with van der Waals surface area (Å²) < 4.78 is 10.9. The minimum absolute atomic E-state index is 0.166. The summed E-state index contributed by atoms with van der Waals surface area (Å²) in [6, 6.07) is 3.75. The van der Waals surface area contributed by atoms with Crippen LogP contribution >= 0.6 is 0 Å². The molecule has 0 saturated heterocycles. The molecule has 3 aromatic rings. The highest BCUT2D eigenvalue weighted by molar-refractivity contribution is 5.91. The maximum absolute atomic E-state index is 6.09. The summed E-state index contributed by atoms with van der Waals surface area (Å²) in [5.41, 5.74) is 15.8. The summed E-state index contributed by atoms with van der Waals surface area (Å²) in [5, 5.41) is 0.771. The van der Waals surface area contributed by atoms with Crippen molar-refractivity contribution in [2.45, 2.75) is 13.8 Å². The van der Waals surface area contributed by atoms with Gasteiger partial charge in [-0.25, -0.2) is 15.0 Å². The van der Waals surface area contributed by atoms with E-state index in [0.29, 0.717) is 17.0 Å². The molecule has 1 aromatic carbocycles. The van der Waals surface area contributed by atoms with E-state index in [1.54, 1.807) is 20.4 Å². The van der Waals surface area contributed by atoms with Crippen LogP contribution < -0.4 is 20.9 Å². The molecule has 2 aromatic heterocycles. The van der Waals surface area contributed by atoms with E-state index in [1.807, 2.05) is 26.0 Å². The van der Waals surface area contributed by atoms with Crippen molar-refractivity contribution in [1.82, 2.24) is 15.0 Å². The molecular formula is C17H19N5O2. The zero-order valence-electron chi connectivity index (χ0n) is 14.0. The SMILES string of the molecule is COc1cc(OC)c(C)c(-c2cc3cnc(N)nc3c(N)n2)c1C. The fraction of sp³-hybridized carbons (Fsp3) is 0.235. The number of methoxy groups -OCH3 is 2. The first-order chi connectivity index (χ1) is 11.5. The number of hydrogen-bond acceptors (Lipinski definition) is 7. The lowest BCUT2D eigenvalue weighted by Gasteiger charge is -2.17. The molecule has 24 heavy (non-hydrogen) atoms. The lowest BCUT2D eigenvalue weighted by atomic mass is 9.97. The summed E-state index contributed by atoms with van der Waals surface area (Å²) in [7, 11) is 3.25. The Morgan fingerprint density at radius 2 is 1.54 bits per heavy atom. The number of nitrogens with zero attached hydrogens (tertiary/aromatic N) is 3. The average Bonchev–Trinajstić information content (AvgIpc) is 2.56. The number of nitrogens with two attached hydrogens (primary N) is 2. The smallest absolute Gasteiger partial charge is 0.220 e. The third-order valence-corrected chi connectivity index (χ3v) is 4.06. The maximum Gasteiger partial charge on any atom is 0.220 e. The molecule has 0 unspecified atom stereocenters. The molecule has 0 fully saturated rings. The van der Waals surface area contributed by atoms with Gasteiger partial charge in [0, 0.05) is 34.3 Å². The fourth-order valence-electron chi connectivity index (χ4n) is 2.88. The maximum atomic E-state index is 6.09. The van der Waals surface area contributed by atoms with Crippen molar-refractivity contribution in [3.8, 4) is 22.8 Å². The zero-order chi connectivity index (χ0) is 17.4. The number of hydrogen-bond donors (Lipinski definition) is 2. The van der Waals surface area contributed by atoms with Crippen molar-refractivity contribution in [2.24, 2.45) is 0 Å². The summed E-state index contributed by atoms with van der Waals surface area (Å²) in [6.07, 6.45) is 1.64. The number of benzene rings is 1. The summed E-state index contributed by atoms with van der Waals surface area (Å²) in [5.74, 6) is 1.92. The number of rotatable bonds is 3. The molecular weight excluding hydrogens is 306 g/mol. The van der Waals surface area contributed by atoms with Crippen molar-refractivity contribution in [3.63, 3.8) is 0 Å². The zero-order valence-corrected chi connectivity index (χ0v) is 14.0. The van der Waals surface area contributed by atoms with Gasteiger partial charge in [0.25, 0.3) is 0 Å². The van der Waals surface area contributed by atoms with E-state index in [0.717, 1.165) is 33.6 Å². The average molecular weight is 325 g/mol. The second-order valence-electron chi connectivity index (χ2n) is 5.46. The van der Waals surface area contributed by atoms with Crippen LogP contribution in [0.3, 0.4) is 0 Å². The number of anilines is 2. The number of fused-ring (bicyclic) bond motifs is 1. The number of nitrogen functional groups attached to an aromatic ring is 2. The number of ether oxygens (including phenoxy) is 2. The predicted octanol–water partition coefficient (Wildman–Crippen LogP) is 2.49. The van der Waals surface area contributed by atoms with Crippen molar-refractivity contribution in [1.29, 1.82) is 0 Å². The van der Waals surface area contributed by atoms with Gasteiger partial charge in [0.2, 0.25) is 5.95 Å². The van der Waals surface area contributed by atoms with Crippen LogP contribution in [0, 0.1) is 13.8 Å². The summed E-state index contributed by atoms with van der Waals surface area (Å²) in [6.45, 7) is 3.95. The minimum atomic E-state index is 0.166. The van der Waals surface area contributed by atoms with Gasteiger partial charge in [0.05, 0.1) is 19.9 Å². The molecule has 0 radical (unpaired) electrons. The quantitative estimate of drug-likeness (QED) is 0.761. The minimum Gasteiger partial charge on any atom is -0.496 e. The van der Waals surface area contributed by atoms with Crippen LogP contribution in [0.15, 0.2) is 18.3 Å². The Labute approximate surface area is 139 Å². The molecule has 0 spiro atoms. The van der Waals surface area contributed by atoms with Crippen LogP contribution in [-0.4, -0.2) is 29.2 Å². The first-order valence-corrected chi connectivity index (χ1v) is 7.37. The van der Waals surface area contributed by atoms with Gasteiger partial charge in [0.1, 0.15) is 17.0 Å². The summed E-state index contributed by atoms with van der Waals surface area (Å²) in [4.78, 5) is 12.7. The van der Waals surface area contributed by atoms with E-state index in [1.165, 1.54) is 0 Å². The Kier molecular flexibility index (Phi) is 3.84. The molecule has 0 aliphatic heterocycles. The third-order valence-electron chi connectivity index (χ3n) is 4.06. The van der Waals surface area contributed by atoms with Gasteiger partial charge >= 0.3 is 0 Å². The van der Waals surface area contributed by atoms with E-state index >= 15 is 0 Å². The second-order valence-corrected chi connectivity index (χ2v) is 5.46. The van der Waals surface area contributed by atoms with Gasteiger partial charge in [-0.1, -0.05) is 0 Å². The van der Waals surface area contributed by atoms with Crippen molar-refractivity contribution < 1.29 is 9.47 Å². The van der Waals surface area contributed by atoms with E-state index in [2.05, 4.69) is 15.0 Å². The van der Waals surface area contributed by atoms with Crippen LogP contribution in [0.2, 0.25) is 0 Å². The van der Waals surface area contributed by atoms with Gasteiger partial charge in [-0.2, -0.15) is 0 Å². The largest absolute Gasteiger partial charge is 0.496 e. The molecule has 0 aliphatic rings. The van der Waals surface area contributed by atoms with Crippen LogP contribution in [0.25, 0.3) is 22.2 Å². The van der Waals surface area contributed by atoms with E-state index in [4.69, 9.17) is 20.9 Å². The lowest BCUT2D eigenvalue weighted by Crippen LogP contribution is -2.03. The topological polar surface area (TPSA) is 109 Å². The van der Waals surface area contributed by atoms with Gasteiger partial charge in [-0.15, -0.1) is 0 Å². The molecule has 3 rings (SSSR count). The molecule has 7 nitrogen and oxygen atoms in total. The van der Waals surface area contributed by atoms with Crippen molar-refractivity contribution in [2.75, 3.05) is 25.7 Å². The van der Waals surface area contributed by atoms with Crippen molar-refractivity contribution in [3.05, 3.63) is 29.5 Å².